The number of fused-ring (bicyclic) bond motifs is 1. The molecule has 0 aromatic heterocycles. The summed E-state index contributed by atoms with van der Waals surface area (Å²) in [6.07, 6.45) is 1.92. The normalized spacial score (nSPS) is 12.6. The predicted octanol–water partition coefficient (Wildman–Crippen LogP) is 4.39. The number of nitrogens with one attached hydrogen (secondary N) is 2. The third-order valence-corrected chi connectivity index (χ3v) is 4.24. The van der Waals surface area contributed by atoms with Crippen LogP contribution < -0.4 is 20.1 Å². The van der Waals surface area contributed by atoms with Crippen molar-refractivity contribution in [2.24, 2.45) is 0 Å². The molecule has 24 heavy (non-hydrogen) atoms. The molecular weight excluding hydrogens is 320 g/mol. The Morgan fingerprint density at radius 1 is 0.958 bits per heavy atom. The average molecular weight is 342 g/mol. The molecule has 0 atom stereocenters. The fourth-order valence-corrected chi connectivity index (χ4v) is 3.02. The fourth-order valence-electron chi connectivity index (χ4n) is 2.80. The van der Waals surface area contributed by atoms with Crippen LogP contribution in [0.1, 0.15) is 25.0 Å². The van der Waals surface area contributed by atoms with Gasteiger partial charge in [0.1, 0.15) is 13.2 Å². The summed E-state index contributed by atoms with van der Waals surface area (Å²) >= 11 is 5.49. The Balaban J connectivity index is 1.74. The first-order valence-electron chi connectivity index (χ1n) is 8.29. The van der Waals surface area contributed by atoms with E-state index >= 15 is 0 Å². The van der Waals surface area contributed by atoms with Crippen LogP contribution in [0.4, 0.5) is 11.4 Å². The second-order valence-electron chi connectivity index (χ2n) is 5.60. The van der Waals surface area contributed by atoms with E-state index in [1.807, 2.05) is 18.2 Å². The summed E-state index contributed by atoms with van der Waals surface area (Å²) in [5, 5.41) is 7.16. The Bertz CT molecular complexity index is 724. The van der Waals surface area contributed by atoms with Gasteiger partial charge in [-0.3, -0.25) is 0 Å². The van der Waals surface area contributed by atoms with Crippen LogP contribution in [0.25, 0.3) is 0 Å². The van der Waals surface area contributed by atoms with Gasteiger partial charge in [0.05, 0.1) is 0 Å². The maximum Gasteiger partial charge on any atom is 0.175 e. The second kappa shape index (κ2) is 7.53. The molecule has 3 rings (SSSR count). The van der Waals surface area contributed by atoms with E-state index in [2.05, 4.69) is 42.7 Å². The third kappa shape index (κ3) is 3.62. The molecule has 2 aromatic carbocycles. The van der Waals surface area contributed by atoms with Gasteiger partial charge in [0.25, 0.3) is 0 Å². The number of hydrogen-bond donors (Lipinski definition) is 2. The predicted molar refractivity (Wildman–Crippen MR) is 102 cm³/mol. The Morgan fingerprint density at radius 3 is 2.29 bits per heavy atom. The molecule has 1 aliphatic rings. The van der Waals surface area contributed by atoms with E-state index < -0.39 is 0 Å². The highest BCUT2D eigenvalue weighted by molar-refractivity contribution is 7.80. The maximum atomic E-state index is 5.61. The topological polar surface area (TPSA) is 42.5 Å². The van der Waals surface area contributed by atoms with Gasteiger partial charge in [0.15, 0.2) is 16.6 Å². The largest absolute Gasteiger partial charge is 0.486 e. The molecule has 126 valence electrons. The Kier molecular flexibility index (Phi) is 5.20. The van der Waals surface area contributed by atoms with Gasteiger partial charge in [-0.05, 0) is 48.3 Å². The lowest BCUT2D eigenvalue weighted by molar-refractivity contribution is 0.171. The molecule has 0 aliphatic carbocycles. The van der Waals surface area contributed by atoms with Crippen molar-refractivity contribution in [2.75, 3.05) is 23.8 Å². The summed E-state index contributed by atoms with van der Waals surface area (Å²) in [7, 11) is 0. The molecule has 0 unspecified atom stereocenters. The Labute approximate surface area is 148 Å². The van der Waals surface area contributed by atoms with Gasteiger partial charge >= 0.3 is 0 Å². The van der Waals surface area contributed by atoms with Crippen LogP contribution in [-0.4, -0.2) is 18.3 Å². The van der Waals surface area contributed by atoms with Gasteiger partial charge in [0.2, 0.25) is 0 Å². The van der Waals surface area contributed by atoms with Crippen molar-refractivity contribution < 1.29 is 9.47 Å². The SMILES string of the molecule is CCc1cccc(CC)c1NC(=S)Nc1ccc2c(c1)OCCO2. The van der Waals surface area contributed by atoms with Crippen molar-refractivity contribution >= 4 is 28.7 Å². The first-order valence-corrected chi connectivity index (χ1v) is 8.70. The van der Waals surface area contributed by atoms with Crippen LogP contribution >= 0.6 is 12.2 Å². The van der Waals surface area contributed by atoms with Crippen LogP contribution in [0.2, 0.25) is 0 Å². The summed E-state index contributed by atoms with van der Waals surface area (Å²) in [6, 6.07) is 12.1. The number of ether oxygens (including phenoxy) is 2. The van der Waals surface area contributed by atoms with Gasteiger partial charge in [-0.1, -0.05) is 32.0 Å². The summed E-state index contributed by atoms with van der Waals surface area (Å²) in [4.78, 5) is 0. The standard InChI is InChI=1S/C19H22N2O2S/c1-3-13-6-5-7-14(4-2)18(13)21-19(24)20-15-8-9-16-17(12-15)23-11-10-22-16/h5-9,12H,3-4,10-11H2,1-2H3,(H2,20,21,24). The molecule has 0 amide bonds. The number of aryl methyl sites for hydroxylation is 2. The number of anilines is 2. The van der Waals surface area contributed by atoms with Crippen LogP contribution in [0.3, 0.4) is 0 Å². The molecular formula is C19H22N2O2S. The molecule has 1 heterocycles. The fraction of sp³-hybridized carbons (Fsp3) is 0.316. The molecule has 0 saturated carbocycles. The Morgan fingerprint density at radius 2 is 1.62 bits per heavy atom. The molecule has 1 aliphatic heterocycles. The van der Waals surface area contributed by atoms with Gasteiger partial charge in [-0.2, -0.15) is 0 Å². The van der Waals surface area contributed by atoms with Crippen LogP contribution in [0.5, 0.6) is 11.5 Å². The smallest absolute Gasteiger partial charge is 0.175 e. The highest BCUT2D eigenvalue weighted by Crippen LogP contribution is 2.32. The molecule has 0 fully saturated rings. The summed E-state index contributed by atoms with van der Waals surface area (Å²) in [5.74, 6) is 1.52. The number of benzene rings is 2. The number of para-hydroxylation sites is 1. The van der Waals surface area contributed by atoms with E-state index in [-0.39, 0.29) is 0 Å². The lowest BCUT2D eigenvalue weighted by Gasteiger charge is -2.20. The molecule has 0 radical (unpaired) electrons. The van der Waals surface area contributed by atoms with Crippen LogP contribution in [-0.2, 0) is 12.8 Å². The Hall–Kier alpha value is -2.27. The quantitative estimate of drug-likeness (QED) is 0.807. The van der Waals surface area contributed by atoms with E-state index in [4.69, 9.17) is 21.7 Å². The minimum absolute atomic E-state index is 0.572. The minimum atomic E-state index is 0.572. The first-order chi connectivity index (χ1) is 11.7. The van der Waals surface area contributed by atoms with E-state index in [1.165, 1.54) is 11.1 Å². The summed E-state index contributed by atoms with van der Waals surface area (Å²) < 4.78 is 11.1. The second-order valence-corrected chi connectivity index (χ2v) is 6.00. The van der Waals surface area contributed by atoms with Gasteiger partial charge in [0, 0.05) is 17.4 Å². The zero-order valence-electron chi connectivity index (χ0n) is 14.0. The summed E-state index contributed by atoms with van der Waals surface area (Å²) in [6.45, 7) is 5.46. The first kappa shape index (κ1) is 16.6. The molecule has 5 heteroatoms. The highest BCUT2D eigenvalue weighted by atomic mass is 32.1. The molecule has 2 aromatic rings. The van der Waals surface area contributed by atoms with E-state index in [0.717, 1.165) is 35.7 Å². The lowest BCUT2D eigenvalue weighted by Crippen LogP contribution is -2.21. The maximum absolute atomic E-state index is 5.61. The average Bonchev–Trinajstić information content (AvgIpc) is 2.61. The van der Waals surface area contributed by atoms with Crippen molar-refractivity contribution in [3.05, 3.63) is 47.5 Å². The molecule has 2 N–H and O–H groups in total. The monoisotopic (exact) mass is 342 g/mol. The summed E-state index contributed by atoms with van der Waals surface area (Å²) in [5.41, 5.74) is 4.52. The third-order valence-electron chi connectivity index (χ3n) is 4.04. The van der Waals surface area contributed by atoms with Crippen molar-refractivity contribution in [1.29, 1.82) is 0 Å². The number of hydrogen-bond acceptors (Lipinski definition) is 3. The van der Waals surface area contributed by atoms with Gasteiger partial charge in [-0.25, -0.2) is 0 Å². The van der Waals surface area contributed by atoms with E-state index in [9.17, 15) is 0 Å². The van der Waals surface area contributed by atoms with Crippen molar-refractivity contribution in [2.45, 2.75) is 26.7 Å². The van der Waals surface area contributed by atoms with Crippen LogP contribution in [0.15, 0.2) is 36.4 Å². The van der Waals surface area contributed by atoms with Crippen molar-refractivity contribution in [3.8, 4) is 11.5 Å². The van der Waals surface area contributed by atoms with Crippen molar-refractivity contribution in [1.82, 2.24) is 0 Å². The van der Waals surface area contributed by atoms with Crippen molar-refractivity contribution in [3.63, 3.8) is 0 Å². The number of thiocarbonyl (C=S) groups is 1. The zero-order chi connectivity index (χ0) is 16.9. The number of rotatable bonds is 4. The molecule has 0 bridgehead atoms. The zero-order valence-corrected chi connectivity index (χ0v) is 14.8. The van der Waals surface area contributed by atoms with Crippen LogP contribution in [0, 0.1) is 0 Å². The molecule has 0 spiro atoms. The van der Waals surface area contributed by atoms with E-state index in [1.54, 1.807) is 0 Å². The minimum Gasteiger partial charge on any atom is -0.486 e. The lowest BCUT2D eigenvalue weighted by atomic mass is 10.0. The molecule has 0 saturated heterocycles. The van der Waals surface area contributed by atoms with Gasteiger partial charge in [-0.15, -0.1) is 0 Å². The van der Waals surface area contributed by atoms with E-state index in [0.29, 0.717) is 18.3 Å². The van der Waals surface area contributed by atoms with Gasteiger partial charge < -0.3 is 20.1 Å². The highest BCUT2D eigenvalue weighted by Gasteiger charge is 2.13. The molecule has 4 nitrogen and oxygen atoms in total.